The Morgan fingerprint density at radius 1 is 1.30 bits per heavy atom. The van der Waals surface area contributed by atoms with Crippen LogP contribution in [0, 0.1) is 5.92 Å². The molecule has 1 aliphatic heterocycles. The SMILES string of the molecule is CN=C(NCc1ccc(N2CCCC2=O)cc1)NCC(C)Cn1cccn1. The largest absolute Gasteiger partial charge is 0.356 e. The number of rotatable bonds is 7. The molecule has 1 saturated heterocycles. The number of hydrogen-bond acceptors (Lipinski definition) is 3. The van der Waals surface area contributed by atoms with Crippen LogP contribution in [0.3, 0.4) is 0 Å². The van der Waals surface area contributed by atoms with Gasteiger partial charge >= 0.3 is 0 Å². The summed E-state index contributed by atoms with van der Waals surface area (Å²) in [5, 5.41) is 10.9. The summed E-state index contributed by atoms with van der Waals surface area (Å²) in [4.78, 5) is 18.0. The number of benzene rings is 1. The number of aromatic nitrogens is 2. The van der Waals surface area contributed by atoms with E-state index in [4.69, 9.17) is 0 Å². The zero-order chi connectivity index (χ0) is 19.1. The molecule has 0 spiro atoms. The summed E-state index contributed by atoms with van der Waals surface area (Å²) in [6.07, 6.45) is 5.38. The second-order valence-electron chi connectivity index (χ2n) is 6.96. The van der Waals surface area contributed by atoms with Crippen molar-refractivity contribution in [3.8, 4) is 0 Å². The highest BCUT2D eigenvalue weighted by molar-refractivity contribution is 5.95. The van der Waals surface area contributed by atoms with E-state index in [0.717, 1.165) is 43.3 Å². The fraction of sp³-hybridized carbons (Fsp3) is 0.450. The fourth-order valence-corrected chi connectivity index (χ4v) is 3.18. The van der Waals surface area contributed by atoms with Crippen LogP contribution in [0.5, 0.6) is 0 Å². The first-order valence-corrected chi connectivity index (χ1v) is 9.47. The average Bonchev–Trinajstić information content (AvgIpc) is 3.34. The van der Waals surface area contributed by atoms with Gasteiger partial charge in [-0.1, -0.05) is 19.1 Å². The Morgan fingerprint density at radius 2 is 2.11 bits per heavy atom. The minimum absolute atomic E-state index is 0.217. The van der Waals surface area contributed by atoms with Crippen molar-refractivity contribution in [3.63, 3.8) is 0 Å². The maximum absolute atomic E-state index is 11.8. The zero-order valence-corrected chi connectivity index (χ0v) is 16.1. The molecule has 7 heteroatoms. The average molecular weight is 368 g/mol. The molecule has 27 heavy (non-hydrogen) atoms. The highest BCUT2D eigenvalue weighted by Crippen LogP contribution is 2.21. The number of anilines is 1. The van der Waals surface area contributed by atoms with Gasteiger partial charge in [0.25, 0.3) is 0 Å². The van der Waals surface area contributed by atoms with E-state index in [1.807, 2.05) is 34.0 Å². The third kappa shape index (κ3) is 5.32. The van der Waals surface area contributed by atoms with Crippen LogP contribution in [0.4, 0.5) is 5.69 Å². The van der Waals surface area contributed by atoms with E-state index in [1.54, 1.807) is 13.2 Å². The Kier molecular flexibility index (Phi) is 6.46. The molecule has 2 aromatic rings. The van der Waals surface area contributed by atoms with Crippen LogP contribution in [-0.2, 0) is 17.9 Å². The van der Waals surface area contributed by atoms with E-state index in [9.17, 15) is 4.79 Å². The lowest BCUT2D eigenvalue weighted by molar-refractivity contribution is -0.117. The highest BCUT2D eigenvalue weighted by Gasteiger charge is 2.21. The van der Waals surface area contributed by atoms with Gasteiger partial charge in [0.15, 0.2) is 5.96 Å². The summed E-state index contributed by atoms with van der Waals surface area (Å²) in [5.74, 6) is 1.43. The molecular formula is C20H28N6O. The van der Waals surface area contributed by atoms with Gasteiger partial charge in [0.2, 0.25) is 5.91 Å². The first kappa shape index (κ1) is 18.9. The molecule has 0 aliphatic carbocycles. The monoisotopic (exact) mass is 368 g/mol. The molecule has 1 aromatic carbocycles. The summed E-state index contributed by atoms with van der Waals surface area (Å²) in [5.41, 5.74) is 2.13. The van der Waals surface area contributed by atoms with Gasteiger partial charge in [-0.2, -0.15) is 5.10 Å². The van der Waals surface area contributed by atoms with Crippen molar-refractivity contribution >= 4 is 17.6 Å². The van der Waals surface area contributed by atoms with Gasteiger partial charge < -0.3 is 15.5 Å². The Morgan fingerprint density at radius 3 is 2.74 bits per heavy atom. The molecule has 144 valence electrons. The van der Waals surface area contributed by atoms with Gasteiger partial charge in [0, 0.05) is 57.7 Å². The summed E-state index contributed by atoms with van der Waals surface area (Å²) in [6.45, 7) is 5.37. The molecule has 3 rings (SSSR count). The Bertz CT molecular complexity index is 753. The number of nitrogens with one attached hydrogen (secondary N) is 2. The predicted molar refractivity (Wildman–Crippen MR) is 108 cm³/mol. The van der Waals surface area contributed by atoms with Crippen LogP contribution in [0.15, 0.2) is 47.7 Å². The molecule has 1 atom stereocenters. The van der Waals surface area contributed by atoms with Crippen molar-refractivity contribution in [2.24, 2.45) is 10.9 Å². The van der Waals surface area contributed by atoms with Crippen LogP contribution >= 0.6 is 0 Å². The van der Waals surface area contributed by atoms with Gasteiger partial charge in [-0.3, -0.25) is 14.5 Å². The third-order valence-corrected chi connectivity index (χ3v) is 4.68. The van der Waals surface area contributed by atoms with E-state index >= 15 is 0 Å². The molecule has 0 saturated carbocycles. The number of nitrogens with zero attached hydrogens (tertiary/aromatic N) is 4. The van der Waals surface area contributed by atoms with Crippen LogP contribution in [0.1, 0.15) is 25.3 Å². The van der Waals surface area contributed by atoms with Gasteiger partial charge in [-0.15, -0.1) is 0 Å². The van der Waals surface area contributed by atoms with E-state index < -0.39 is 0 Å². The third-order valence-electron chi connectivity index (χ3n) is 4.68. The summed E-state index contributed by atoms with van der Waals surface area (Å²) >= 11 is 0. The Labute approximate surface area is 160 Å². The molecule has 1 aliphatic rings. The highest BCUT2D eigenvalue weighted by atomic mass is 16.2. The number of guanidine groups is 1. The zero-order valence-electron chi connectivity index (χ0n) is 16.1. The normalized spacial score (nSPS) is 15.9. The Balaban J connectivity index is 1.44. The summed E-state index contributed by atoms with van der Waals surface area (Å²) in [6, 6.07) is 10.1. The quantitative estimate of drug-likeness (QED) is 0.579. The fourth-order valence-electron chi connectivity index (χ4n) is 3.18. The minimum Gasteiger partial charge on any atom is -0.356 e. The van der Waals surface area contributed by atoms with Gasteiger partial charge in [0.05, 0.1) is 0 Å². The smallest absolute Gasteiger partial charge is 0.227 e. The lowest BCUT2D eigenvalue weighted by atomic mass is 10.2. The first-order chi connectivity index (χ1) is 13.2. The molecule has 1 aromatic heterocycles. The second kappa shape index (κ2) is 9.21. The minimum atomic E-state index is 0.217. The number of aliphatic imine (C=N–C) groups is 1. The molecule has 7 nitrogen and oxygen atoms in total. The van der Waals surface area contributed by atoms with E-state index in [-0.39, 0.29) is 5.91 Å². The van der Waals surface area contributed by atoms with Crippen LogP contribution in [0.2, 0.25) is 0 Å². The molecule has 0 radical (unpaired) electrons. The van der Waals surface area contributed by atoms with Crippen molar-refractivity contribution in [1.82, 2.24) is 20.4 Å². The lowest BCUT2D eigenvalue weighted by Crippen LogP contribution is -2.39. The van der Waals surface area contributed by atoms with Crippen molar-refractivity contribution < 1.29 is 4.79 Å². The number of carbonyl (C=O) groups is 1. The number of amides is 1. The molecule has 0 bridgehead atoms. The maximum atomic E-state index is 11.8. The maximum Gasteiger partial charge on any atom is 0.227 e. The van der Waals surface area contributed by atoms with Crippen molar-refractivity contribution in [1.29, 1.82) is 0 Å². The number of carbonyl (C=O) groups excluding carboxylic acids is 1. The Hall–Kier alpha value is -2.83. The van der Waals surface area contributed by atoms with Crippen molar-refractivity contribution in [2.75, 3.05) is 25.0 Å². The molecule has 1 unspecified atom stereocenters. The number of hydrogen-bond donors (Lipinski definition) is 2. The van der Waals surface area contributed by atoms with Gasteiger partial charge in [0.1, 0.15) is 0 Å². The van der Waals surface area contributed by atoms with Crippen LogP contribution in [-0.4, -0.2) is 41.8 Å². The van der Waals surface area contributed by atoms with Crippen molar-refractivity contribution in [2.45, 2.75) is 32.9 Å². The van der Waals surface area contributed by atoms with Crippen molar-refractivity contribution in [3.05, 3.63) is 48.3 Å². The van der Waals surface area contributed by atoms with Crippen LogP contribution < -0.4 is 15.5 Å². The van der Waals surface area contributed by atoms with E-state index in [1.165, 1.54) is 0 Å². The molecule has 1 amide bonds. The predicted octanol–water partition coefficient (Wildman–Crippen LogP) is 2.01. The molecule has 2 heterocycles. The van der Waals surface area contributed by atoms with E-state index in [2.05, 4.69) is 39.8 Å². The van der Waals surface area contributed by atoms with Crippen LogP contribution in [0.25, 0.3) is 0 Å². The lowest BCUT2D eigenvalue weighted by Gasteiger charge is -2.17. The van der Waals surface area contributed by atoms with Gasteiger partial charge in [-0.05, 0) is 36.1 Å². The van der Waals surface area contributed by atoms with E-state index in [0.29, 0.717) is 18.9 Å². The standard InChI is InChI=1S/C20H28N6O/c1-16(15-25-11-4-10-24-25)13-22-20(21-2)23-14-17-6-8-18(9-7-17)26-12-3-5-19(26)27/h4,6-11,16H,3,5,12-15H2,1-2H3,(H2,21,22,23). The molecular weight excluding hydrogens is 340 g/mol. The molecule has 1 fully saturated rings. The summed E-state index contributed by atoms with van der Waals surface area (Å²) < 4.78 is 1.94. The first-order valence-electron chi connectivity index (χ1n) is 9.47. The topological polar surface area (TPSA) is 74.6 Å². The molecule has 2 N–H and O–H groups in total. The van der Waals surface area contributed by atoms with Gasteiger partial charge in [-0.25, -0.2) is 0 Å². The summed E-state index contributed by atoms with van der Waals surface area (Å²) in [7, 11) is 1.77. The second-order valence-corrected chi connectivity index (χ2v) is 6.96.